The van der Waals surface area contributed by atoms with E-state index in [1.165, 1.54) is 18.2 Å². The summed E-state index contributed by atoms with van der Waals surface area (Å²) < 4.78 is 0. The quantitative estimate of drug-likeness (QED) is 0.276. The molecule has 2 aromatic carbocycles. The van der Waals surface area contributed by atoms with Crippen LogP contribution in [0.1, 0.15) is 5.56 Å². The van der Waals surface area contributed by atoms with Crippen molar-refractivity contribution in [3.63, 3.8) is 0 Å². The topological polar surface area (TPSA) is 139 Å². The van der Waals surface area contributed by atoms with E-state index in [1.807, 2.05) is 35.8 Å². The van der Waals surface area contributed by atoms with E-state index >= 15 is 0 Å². The molecule has 0 atom stereocenters. The summed E-state index contributed by atoms with van der Waals surface area (Å²) in [5.41, 5.74) is 2.62. The Morgan fingerprint density at radius 3 is 2.62 bits per heavy atom. The summed E-state index contributed by atoms with van der Waals surface area (Å²) in [5.74, 6) is -2.10. The molecule has 0 fully saturated rings. The number of nitro groups is 1. The van der Waals surface area contributed by atoms with Gasteiger partial charge in [-0.05, 0) is 12.1 Å². The molecule has 0 aliphatic heterocycles. The van der Waals surface area contributed by atoms with Crippen LogP contribution in [0.5, 0.6) is 0 Å². The van der Waals surface area contributed by atoms with Gasteiger partial charge in [-0.2, -0.15) is 5.10 Å². The predicted molar refractivity (Wildman–Crippen MR) is 108 cm³/mol. The van der Waals surface area contributed by atoms with Gasteiger partial charge in [0.15, 0.2) is 0 Å². The lowest BCUT2D eigenvalue weighted by atomic mass is 10.2. The van der Waals surface area contributed by atoms with E-state index in [9.17, 15) is 19.7 Å². The second-order valence-electron chi connectivity index (χ2n) is 5.39. The number of nitrogens with one attached hydrogen (secondary N) is 2. The number of aromatic nitrogens is 2. The molecule has 1 heterocycles. The van der Waals surface area contributed by atoms with Crippen LogP contribution < -0.4 is 10.7 Å². The monoisotopic (exact) mass is 430 g/mol. The third-order valence-corrected chi connectivity index (χ3v) is 4.55. The molecule has 0 spiro atoms. The van der Waals surface area contributed by atoms with Crippen molar-refractivity contribution in [2.45, 2.75) is 0 Å². The normalized spacial score (nSPS) is 10.7. The zero-order valence-electron chi connectivity index (χ0n) is 14.4. The molecule has 1 aromatic heterocycles. The maximum Gasteiger partial charge on any atom is 0.329 e. The lowest BCUT2D eigenvalue weighted by molar-refractivity contribution is -0.385. The van der Waals surface area contributed by atoms with Crippen LogP contribution in [0.25, 0.3) is 10.6 Å². The smallest absolute Gasteiger partial charge is 0.292 e. The molecule has 29 heavy (non-hydrogen) atoms. The van der Waals surface area contributed by atoms with E-state index in [4.69, 9.17) is 11.6 Å². The Morgan fingerprint density at radius 1 is 1.14 bits per heavy atom. The van der Waals surface area contributed by atoms with Gasteiger partial charge in [-0.1, -0.05) is 53.3 Å². The molecule has 0 radical (unpaired) electrons. The van der Waals surface area contributed by atoms with E-state index in [0.29, 0.717) is 5.01 Å². The van der Waals surface area contributed by atoms with Crippen LogP contribution in [-0.4, -0.2) is 33.1 Å². The van der Waals surface area contributed by atoms with Gasteiger partial charge < -0.3 is 0 Å². The van der Waals surface area contributed by atoms with Crippen LogP contribution in [-0.2, 0) is 9.59 Å². The Bertz CT molecular complexity index is 1100. The van der Waals surface area contributed by atoms with Gasteiger partial charge in [0.1, 0.15) is 5.01 Å². The third-order valence-electron chi connectivity index (χ3n) is 3.43. The first-order valence-electron chi connectivity index (χ1n) is 7.91. The summed E-state index contributed by atoms with van der Waals surface area (Å²) in [6.45, 7) is 0. The van der Waals surface area contributed by atoms with Crippen molar-refractivity contribution in [3.8, 4) is 10.6 Å². The average Bonchev–Trinajstić information content (AvgIpc) is 3.17. The molecule has 146 valence electrons. The first-order valence-corrected chi connectivity index (χ1v) is 9.11. The minimum atomic E-state index is -1.08. The van der Waals surface area contributed by atoms with Crippen molar-refractivity contribution in [2.24, 2.45) is 5.10 Å². The summed E-state index contributed by atoms with van der Waals surface area (Å²) in [7, 11) is 0. The van der Waals surface area contributed by atoms with Crippen molar-refractivity contribution < 1.29 is 14.5 Å². The van der Waals surface area contributed by atoms with Crippen LogP contribution in [0, 0.1) is 10.1 Å². The van der Waals surface area contributed by atoms with Crippen LogP contribution >= 0.6 is 22.9 Å². The number of nitro benzene ring substituents is 1. The first-order chi connectivity index (χ1) is 13.9. The third kappa shape index (κ3) is 5.18. The van der Waals surface area contributed by atoms with Crippen molar-refractivity contribution in [3.05, 3.63) is 69.2 Å². The lowest BCUT2D eigenvalue weighted by Crippen LogP contribution is -2.32. The van der Waals surface area contributed by atoms with Crippen molar-refractivity contribution >= 4 is 51.8 Å². The summed E-state index contributed by atoms with van der Waals surface area (Å²) in [5, 5.41) is 25.6. The van der Waals surface area contributed by atoms with E-state index in [1.54, 1.807) is 0 Å². The van der Waals surface area contributed by atoms with E-state index in [0.717, 1.165) is 23.1 Å². The van der Waals surface area contributed by atoms with E-state index in [2.05, 4.69) is 20.6 Å². The Kier molecular flexibility index (Phi) is 6.22. The number of halogens is 1. The molecule has 10 nitrogen and oxygen atoms in total. The Balaban J connectivity index is 1.61. The first kappa shape index (κ1) is 20.0. The van der Waals surface area contributed by atoms with Crippen molar-refractivity contribution in [2.75, 3.05) is 5.32 Å². The number of benzene rings is 2. The van der Waals surface area contributed by atoms with Crippen LogP contribution in [0.2, 0.25) is 5.02 Å². The number of anilines is 1. The van der Waals surface area contributed by atoms with Gasteiger partial charge in [-0.25, -0.2) is 5.43 Å². The molecule has 12 heteroatoms. The molecule has 2 N–H and O–H groups in total. The number of carbonyl (C=O) groups excluding carboxylic acids is 2. The van der Waals surface area contributed by atoms with Crippen LogP contribution in [0.15, 0.2) is 53.6 Å². The zero-order chi connectivity index (χ0) is 20.8. The largest absolute Gasteiger partial charge is 0.329 e. The zero-order valence-corrected chi connectivity index (χ0v) is 16.0. The molecule has 0 aliphatic carbocycles. The van der Waals surface area contributed by atoms with E-state index in [-0.39, 0.29) is 21.4 Å². The molecule has 0 unspecified atom stereocenters. The Hall–Kier alpha value is -3.70. The number of rotatable bonds is 5. The fourth-order valence-electron chi connectivity index (χ4n) is 2.13. The molecular weight excluding hydrogens is 420 g/mol. The highest BCUT2D eigenvalue weighted by atomic mass is 35.5. The molecule has 0 saturated heterocycles. The molecular formula is C17H11ClN6O4S. The van der Waals surface area contributed by atoms with Crippen molar-refractivity contribution in [1.82, 2.24) is 15.6 Å². The molecule has 0 saturated carbocycles. The maximum absolute atomic E-state index is 11.9. The van der Waals surface area contributed by atoms with Crippen molar-refractivity contribution in [1.29, 1.82) is 0 Å². The van der Waals surface area contributed by atoms with Gasteiger partial charge in [-0.15, -0.1) is 10.2 Å². The lowest BCUT2D eigenvalue weighted by Gasteiger charge is -2.00. The number of hydrogen-bond acceptors (Lipinski definition) is 8. The number of carbonyl (C=O) groups is 2. The van der Waals surface area contributed by atoms with Crippen LogP contribution in [0.4, 0.5) is 10.8 Å². The summed E-state index contributed by atoms with van der Waals surface area (Å²) in [6, 6.07) is 13.1. The fourth-order valence-corrected chi connectivity index (χ4v) is 3.06. The van der Waals surface area contributed by atoms with Crippen LogP contribution in [0.3, 0.4) is 0 Å². The second kappa shape index (κ2) is 8.99. The number of hydrogen-bond donors (Lipinski definition) is 2. The second-order valence-corrected chi connectivity index (χ2v) is 6.81. The molecule has 3 aromatic rings. The summed E-state index contributed by atoms with van der Waals surface area (Å²) in [4.78, 5) is 34.2. The molecule has 2 amide bonds. The standard InChI is InChI=1S/C17H11ClN6O4S/c18-12-6-7-13(24(27)28)11(8-12)9-19-21-15(26)14(25)20-17-23-22-16(29-17)10-4-2-1-3-5-10/h1-9H,(H,21,26)(H,20,23,25)/b19-9-. The van der Waals surface area contributed by atoms with Gasteiger partial charge in [0.2, 0.25) is 5.13 Å². The highest BCUT2D eigenvalue weighted by Gasteiger charge is 2.17. The minimum absolute atomic E-state index is 0.0693. The maximum atomic E-state index is 11.9. The summed E-state index contributed by atoms with van der Waals surface area (Å²) in [6.07, 6.45) is 1.02. The number of amides is 2. The van der Waals surface area contributed by atoms with E-state index < -0.39 is 16.7 Å². The van der Waals surface area contributed by atoms with Gasteiger partial charge in [0, 0.05) is 16.7 Å². The minimum Gasteiger partial charge on any atom is -0.292 e. The number of nitrogens with zero attached hydrogens (tertiary/aromatic N) is 4. The highest BCUT2D eigenvalue weighted by Crippen LogP contribution is 2.25. The van der Waals surface area contributed by atoms with Gasteiger partial charge in [-0.3, -0.25) is 25.0 Å². The predicted octanol–water partition coefficient (Wildman–Crippen LogP) is 2.86. The molecule has 0 aliphatic rings. The van der Waals surface area contributed by atoms with Gasteiger partial charge >= 0.3 is 11.8 Å². The Labute approximate surface area is 172 Å². The SMILES string of the molecule is O=C(N/N=C\c1cc(Cl)ccc1[N+](=O)[O-])C(=O)Nc1nnc(-c2ccccc2)s1. The van der Waals surface area contributed by atoms with Gasteiger partial charge in [0.05, 0.1) is 16.7 Å². The number of hydrazone groups is 1. The highest BCUT2D eigenvalue weighted by molar-refractivity contribution is 7.18. The molecule has 0 bridgehead atoms. The van der Waals surface area contributed by atoms with Gasteiger partial charge in [0.25, 0.3) is 5.69 Å². The fraction of sp³-hybridized carbons (Fsp3) is 0. The summed E-state index contributed by atoms with van der Waals surface area (Å²) >= 11 is 6.90. The Morgan fingerprint density at radius 2 is 1.90 bits per heavy atom. The average molecular weight is 431 g/mol. The molecule has 3 rings (SSSR count).